The number of nitrogens with one attached hydrogen (secondary N) is 3. The van der Waals surface area contributed by atoms with Gasteiger partial charge in [-0.25, -0.2) is 21.6 Å². The van der Waals surface area contributed by atoms with Crippen molar-refractivity contribution in [3.63, 3.8) is 0 Å². The summed E-state index contributed by atoms with van der Waals surface area (Å²) >= 11 is 0. The predicted molar refractivity (Wildman–Crippen MR) is 129 cm³/mol. The first-order valence-electron chi connectivity index (χ1n) is 10.6. The average Bonchev–Trinajstić information content (AvgIpc) is 2.73. The number of anilines is 2. The minimum Gasteiger partial charge on any atom is -0.459 e. The number of amides is 1. The van der Waals surface area contributed by atoms with E-state index >= 15 is 0 Å². The van der Waals surface area contributed by atoms with Crippen molar-refractivity contribution in [3.05, 3.63) is 59.7 Å². The van der Waals surface area contributed by atoms with Gasteiger partial charge in [0.15, 0.2) is 0 Å². The Labute approximate surface area is 199 Å². The Balaban J connectivity index is 1.57. The van der Waals surface area contributed by atoms with Crippen LogP contribution in [0.25, 0.3) is 0 Å². The molecule has 12 heteroatoms. The molecular weight excluding hydrogens is 482 g/mol. The number of benzene rings is 2. The number of ether oxygens (including phenoxy) is 1. The van der Waals surface area contributed by atoms with Gasteiger partial charge in [-0.3, -0.25) is 14.2 Å². The van der Waals surface area contributed by atoms with Gasteiger partial charge in [0.05, 0.1) is 35.0 Å². The quantitative estimate of drug-likeness (QED) is 0.463. The van der Waals surface area contributed by atoms with E-state index in [0.29, 0.717) is 25.7 Å². The molecule has 10 nitrogen and oxygen atoms in total. The van der Waals surface area contributed by atoms with Gasteiger partial charge in [0, 0.05) is 6.04 Å². The third kappa shape index (κ3) is 7.45. The van der Waals surface area contributed by atoms with Gasteiger partial charge in [0.1, 0.15) is 6.10 Å². The summed E-state index contributed by atoms with van der Waals surface area (Å²) in [6.07, 6.45) is 3.80. The van der Waals surface area contributed by atoms with Crippen LogP contribution in [0.1, 0.15) is 46.4 Å². The summed E-state index contributed by atoms with van der Waals surface area (Å²) < 4.78 is 56.5. The van der Waals surface area contributed by atoms with Crippen LogP contribution in [0.15, 0.2) is 48.5 Å². The van der Waals surface area contributed by atoms with Crippen LogP contribution < -0.4 is 14.8 Å². The summed E-state index contributed by atoms with van der Waals surface area (Å²) in [5.74, 6) is -1.02. The van der Waals surface area contributed by atoms with Crippen molar-refractivity contribution in [1.82, 2.24) is 5.32 Å². The summed E-state index contributed by atoms with van der Waals surface area (Å²) in [6, 6.07) is 12.4. The van der Waals surface area contributed by atoms with E-state index in [-0.39, 0.29) is 34.6 Å². The fourth-order valence-electron chi connectivity index (χ4n) is 3.72. The highest BCUT2D eigenvalue weighted by Crippen LogP contribution is 2.25. The molecule has 1 aliphatic rings. The molecule has 0 heterocycles. The van der Waals surface area contributed by atoms with Crippen LogP contribution in [-0.4, -0.2) is 53.4 Å². The molecule has 2 aromatic carbocycles. The molecule has 0 radical (unpaired) electrons. The Morgan fingerprint density at radius 3 is 1.76 bits per heavy atom. The molecule has 1 aliphatic carbocycles. The molecule has 0 spiro atoms. The number of para-hydroxylation sites is 2. The van der Waals surface area contributed by atoms with Gasteiger partial charge in [-0.1, -0.05) is 24.3 Å². The Morgan fingerprint density at radius 1 is 0.765 bits per heavy atom. The first-order chi connectivity index (χ1) is 15.9. The summed E-state index contributed by atoms with van der Waals surface area (Å²) in [6.45, 7) is 0. The number of esters is 1. The van der Waals surface area contributed by atoms with Crippen LogP contribution in [0.2, 0.25) is 0 Å². The van der Waals surface area contributed by atoms with Crippen molar-refractivity contribution >= 4 is 43.3 Å². The number of carbonyl (C=O) groups excluding carboxylic acids is 2. The minimum atomic E-state index is -3.56. The highest BCUT2D eigenvalue weighted by Gasteiger charge is 2.27. The predicted octanol–water partition coefficient (Wildman–Crippen LogP) is 2.33. The van der Waals surface area contributed by atoms with E-state index in [2.05, 4.69) is 14.8 Å². The summed E-state index contributed by atoms with van der Waals surface area (Å²) in [5.41, 5.74) is 0.693. The highest BCUT2D eigenvalue weighted by molar-refractivity contribution is 7.92. The molecule has 3 N–H and O–H groups in total. The molecule has 184 valence electrons. The molecule has 1 saturated carbocycles. The summed E-state index contributed by atoms with van der Waals surface area (Å²) in [4.78, 5) is 25.4. The maximum Gasteiger partial charge on any atom is 0.340 e. The molecule has 0 aliphatic heterocycles. The van der Waals surface area contributed by atoms with E-state index in [1.165, 1.54) is 24.3 Å². The van der Waals surface area contributed by atoms with Gasteiger partial charge in [0.2, 0.25) is 20.0 Å². The first-order valence-corrected chi connectivity index (χ1v) is 14.3. The second-order valence-corrected chi connectivity index (χ2v) is 11.7. The second-order valence-electron chi connectivity index (χ2n) is 8.19. The maximum absolute atomic E-state index is 12.7. The van der Waals surface area contributed by atoms with E-state index in [9.17, 15) is 26.4 Å². The van der Waals surface area contributed by atoms with E-state index in [1.807, 2.05) is 0 Å². The number of hydrogen-bond donors (Lipinski definition) is 3. The zero-order valence-corrected chi connectivity index (χ0v) is 20.4. The van der Waals surface area contributed by atoms with Gasteiger partial charge >= 0.3 is 5.97 Å². The van der Waals surface area contributed by atoms with Crippen molar-refractivity contribution < 1.29 is 31.2 Å². The van der Waals surface area contributed by atoms with Crippen molar-refractivity contribution in [2.24, 2.45) is 0 Å². The fraction of sp³-hybridized carbons (Fsp3) is 0.364. The monoisotopic (exact) mass is 509 g/mol. The molecule has 34 heavy (non-hydrogen) atoms. The highest BCUT2D eigenvalue weighted by atomic mass is 32.2. The smallest absolute Gasteiger partial charge is 0.340 e. The molecule has 3 rings (SSSR count). The lowest BCUT2D eigenvalue weighted by Crippen LogP contribution is -2.39. The summed E-state index contributed by atoms with van der Waals surface area (Å²) in [7, 11) is -7.09. The van der Waals surface area contributed by atoms with Crippen molar-refractivity contribution in [1.29, 1.82) is 0 Å². The Hall–Kier alpha value is -3.12. The summed E-state index contributed by atoms with van der Waals surface area (Å²) in [5, 5.41) is 2.91. The Kier molecular flexibility index (Phi) is 7.82. The molecule has 1 amide bonds. The molecule has 1 fully saturated rings. The van der Waals surface area contributed by atoms with E-state index < -0.39 is 31.9 Å². The van der Waals surface area contributed by atoms with Crippen LogP contribution in [0.5, 0.6) is 0 Å². The van der Waals surface area contributed by atoms with Gasteiger partial charge in [-0.15, -0.1) is 0 Å². The molecule has 0 aromatic heterocycles. The molecular formula is C22H27N3O7S2. The third-order valence-electron chi connectivity index (χ3n) is 5.19. The molecule has 0 unspecified atom stereocenters. The van der Waals surface area contributed by atoms with Crippen molar-refractivity contribution in [2.45, 2.75) is 37.8 Å². The molecule has 2 aromatic rings. The SMILES string of the molecule is CS(=O)(=O)Nc1ccccc1C(=O)NC1CCC(OC(=O)c2ccccc2NS(C)(=O)=O)CC1. The van der Waals surface area contributed by atoms with Crippen LogP contribution in [0.4, 0.5) is 11.4 Å². The number of sulfonamides is 2. The van der Waals surface area contributed by atoms with Crippen LogP contribution in [-0.2, 0) is 24.8 Å². The van der Waals surface area contributed by atoms with Crippen LogP contribution in [0.3, 0.4) is 0 Å². The standard InChI is InChI=1S/C22H27N3O7S2/c1-33(28,29)24-19-9-5-3-7-17(19)21(26)23-15-11-13-16(14-12-15)32-22(27)18-8-4-6-10-20(18)25-34(2,30)31/h3-10,15-16,24-25H,11-14H2,1-2H3,(H,23,26). The first kappa shape index (κ1) is 25.5. The topological polar surface area (TPSA) is 148 Å². The van der Waals surface area contributed by atoms with E-state index in [4.69, 9.17) is 4.74 Å². The zero-order valence-electron chi connectivity index (χ0n) is 18.8. The van der Waals surface area contributed by atoms with Crippen molar-refractivity contribution in [2.75, 3.05) is 22.0 Å². The van der Waals surface area contributed by atoms with Crippen LogP contribution >= 0.6 is 0 Å². The maximum atomic E-state index is 12.7. The molecule has 0 atom stereocenters. The number of rotatable bonds is 8. The lowest BCUT2D eigenvalue weighted by molar-refractivity contribution is 0.0185. The van der Waals surface area contributed by atoms with Gasteiger partial charge in [-0.2, -0.15) is 0 Å². The second kappa shape index (κ2) is 10.4. The lowest BCUT2D eigenvalue weighted by Gasteiger charge is -2.29. The Morgan fingerprint density at radius 2 is 1.24 bits per heavy atom. The third-order valence-corrected chi connectivity index (χ3v) is 6.37. The van der Waals surface area contributed by atoms with Gasteiger partial charge in [0.25, 0.3) is 5.91 Å². The fourth-order valence-corrected chi connectivity index (χ4v) is 4.88. The zero-order chi connectivity index (χ0) is 24.9. The van der Waals surface area contributed by atoms with Gasteiger partial charge < -0.3 is 10.1 Å². The van der Waals surface area contributed by atoms with E-state index in [0.717, 1.165) is 12.5 Å². The largest absolute Gasteiger partial charge is 0.459 e. The Bertz CT molecular complexity index is 1170. The normalized spacial score (nSPS) is 18.5. The van der Waals surface area contributed by atoms with E-state index in [1.54, 1.807) is 24.3 Å². The van der Waals surface area contributed by atoms with Crippen LogP contribution in [0, 0.1) is 0 Å². The minimum absolute atomic E-state index is 0.123. The van der Waals surface area contributed by atoms with Gasteiger partial charge in [-0.05, 0) is 49.9 Å². The molecule has 0 saturated heterocycles. The number of hydrogen-bond acceptors (Lipinski definition) is 7. The molecule has 0 bridgehead atoms. The number of carbonyl (C=O) groups is 2. The van der Waals surface area contributed by atoms with Crippen molar-refractivity contribution in [3.8, 4) is 0 Å². The lowest BCUT2D eigenvalue weighted by atomic mass is 9.92. The average molecular weight is 510 g/mol.